The molecule has 6 rings (SSSR count). The first-order valence-electron chi connectivity index (χ1n) is 18.7. The highest BCUT2D eigenvalue weighted by Crippen LogP contribution is 2.37. The van der Waals surface area contributed by atoms with Gasteiger partial charge in [-0.2, -0.15) is 5.26 Å². The van der Waals surface area contributed by atoms with Crippen molar-refractivity contribution >= 4 is 17.6 Å². The van der Waals surface area contributed by atoms with E-state index in [4.69, 9.17) is 25.8 Å². The van der Waals surface area contributed by atoms with Crippen molar-refractivity contribution < 1.29 is 24.1 Å². The lowest BCUT2D eigenvalue weighted by Gasteiger charge is -2.32. The summed E-state index contributed by atoms with van der Waals surface area (Å²) in [6.07, 6.45) is 10.4. The summed E-state index contributed by atoms with van der Waals surface area (Å²) in [5.74, 6) is 1.35. The number of nitriles is 1. The molecule has 2 aliphatic heterocycles. The van der Waals surface area contributed by atoms with Gasteiger partial charge in [-0.15, -0.1) is 0 Å². The molecule has 53 heavy (non-hydrogen) atoms. The van der Waals surface area contributed by atoms with Crippen LogP contribution in [0.15, 0.2) is 67.0 Å². The summed E-state index contributed by atoms with van der Waals surface area (Å²) in [7, 11) is 0. The average molecular weight is 737 g/mol. The Balaban J connectivity index is 1.14. The lowest BCUT2D eigenvalue weighted by Crippen LogP contribution is -2.45. The number of benzene rings is 3. The van der Waals surface area contributed by atoms with Crippen molar-refractivity contribution in [1.82, 2.24) is 14.8 Å². The van der Waals surface area contributed by atoms with Crippen LogP contribution in [0.2, 0.25) is 5.02 Å². The summed E-state index contributed by atoms with van der Waals surface area (Å²) in [6.45, 7) is 9.66. The third kappa shape index (κ3) is 9.88. The molecule has 1 N–H and O–H groups in total. The highest BCUT2D eigenvalue weighted by atomic mass is 35.5. The number of rotatable bonds is 15. The molecule has 3 heterocycles. The Bertz CT molecular complexity index is 1920. The van der Waals surface area contributed by atoms with E-state index in [0.29, 0.717) is 48.3 Å². The summed E-state index contributed by atoms with van der Waals surface area (Å²) < 4.78 is 19.0. The Morgan fingerprint density at radius 1 is 0.868 bits per heavy atom. The van der Waals surface area contributed by atoms with E-state index in [9.17, 15) is 15.2 Å². The minimum absolute atomic E-state index is 0.267. The van der Waals surface area contributed by atoms with Crippen LogP contribution in [0.5, 0.6) is 17.2 Å². The number of hydrogen-bond donors (Lipinski definition) is 1. The molecule has 1 aromatic heterocycles. The standard InChI is InChI=1S/C43H49ClN4O5/c1-30-34(11-8-12-36(30)37-13-9-15-40(31(37)2)51-20-10-19-48-18-7-4-14-39(48)43(49)50)29-53-42-23-41(52-28-33-21-32(24-45)25-46-26-33)35(22-38(42)44)27-47-16-5-3-6-17-47/h8-9,11-13,15,21-23,25-26,39H,3-7,10,14,16-20,27-29H2,1-2H3,(H,49,50). The van der Waals surface area contributed by atoms with E-state index in [1.165, 1.54) is 19.3 Å². The number of likely N-dealkylation sites (tertiary alicyclic amines) is 2. The number of carbonyl (C=O) groups is 1. The van der Waals surface area contributed by atoms with Gasteiger partial charge in [-0.25, -0.2) is 0 Å². The molecule has 2 aliphatic rings. The summed E-state index contributed by atoms with van der Waals surface area (Å²) in [6, 6.07) is 19.8. The smallest absolute Gasteiger partial charge is 0.320 e. The van der Waals surface area contributed by atoms with E-state index in [-0.39, 0.29) is 12.6 Å². The molecule has 0 bridgehead atoms. The van der Waals surface area contributed by atoms with Crippen molar-refractivity contribution in [3.05, 3.63) is 105 Å². The van der Waals surface area contributed by atoms with Crippen LogP contribution >= 0.6 is 11.6 Å². The fraction of sp³-hybridized carbons (Fsp3) is 0.419. The molecule has 0 saturated carbocycles. The molecule has 1 unspecified atom stereocenters. The molecule has 0 amide bonds. The van der Waals surface area contributed by atoms with Gasteiger partial charge in [-0.1, -0.05) is 54.8 Å². The minimum Gasteiger partial charge on any atom is -0.493 e. The highest BCUT2D eigenvalue weighted by molar-refractivity contribution is 6.32. The van der Waals surface area contributed by atoms with E-state index in [2.05, 4.69) is 52.9 Å². The van der Waals surface area contributed by atoms with Gasteiger partial charge in [-0.3, -0.25) is 19.6 Å². The van der Waals surface area contributed by atoms with Gasteiger partial charge < -0.3 is 19.3 Å². The molecule has 2 fully saturated rings. The summed E-state index contributed by atoms with van der Waals surface area (Å²) in [5, 5.41) is 19.5. The van der Waals surface area contributed by atoms with Gasteiger partial charge in [0.2, 0.25) is 0 Å². The SMILES string of the molecule is Cc1c(COc2cc(OCc3cncc(C#N)c3)c(CN3CCCCC3)cc2Cl)cccc1-c1cccc(OCCCN2CCCCC2C(=O)O)c1C. The molecule has 4 aromatic rings. The molecule has 1 atom stereocenters. The van der Waals surface area contributed by atoms with Gasteiger partial charge in [0, 0.05) is 42.7 Å². The first kappa shape index (κ1) is 38.1. The van der Waals surface area contributed by atoms with Crippen molar-refractivity contribution in [3.8, 4) is 34.4 Å². The Morgan fingerprint density at radius 2 is 1.62 bits per heavy atom. The number of ether oxygens (including phenoxy) is 3. The fourth-order valence-electron chi connectivity index (χ4n) is 7.43. The van der Waals surface area contributed by atoms with E-state index < -0.39 is 5.97 Å². The third-order valence-electron chi connectivity index (χ3n) is 10.4. The molecule has 0 aliphatic carbocycles. The first-order chi connectivity index (χ1) is 25.8. The topological polar surface area (TPSA) is 108 Å². The van der Waals surface area contributed by atoms with Gasteiger partial charge in [0.1, 0.15) is 42.6 Å². The number of nitrogens with zero attached hydrogens (tertiary/aromatic N) is 4. The number of piperidine rings is 2. The number of halogens is 1. The molecule has 0 spiro atoms. The lowest BCUT2D eigenvalue weighted by molar-refractivity contribution is -0.144. The number of carboxylic acids is 1. The highest BCUT2D eigenvalue weighted by Gasteiger charge is 2.27. The van der Waals surface area contributed by atoms with Crippen molar-refractivity contribution in [1.29, 1.82) is 5.26 Å². The summed E-state index contributed by atoms with van der Waals surface area (Å²) in [5.41, 5.74) is 7.71. The Morgan fingerprint density at radius 3 is 2.42 bits per heavy atom. The second kappa shape index (κ2) is 18.4. The van der Waals surface area contributed by atoms with Crippen LogP contribution in [0.25, 0.3) is 11.1 Å². The zero-order valence-electron chi connectivity index (χ0n) is 30.8. The van der Waals surface area contributed by atoms with Crippen LogP contribution in [-0.2, 0) is 24.6 Å². The monoisotopic (exact) mass is 736 g/mol. The molecular formula is C43H49ClN4O5. The van der Waals surface area contributed by atoms with Gasteiger partial charge in [0.15, 0.2) is 0 Å². The zero-order valence-corrected chi connectivity index (χ0v) is 31.5. The lowest BCUT2D eigenvalue weighted by atomic mass is 9.93. The maximum absolute atomic E-state index is 11.7. The molecule has 10 heteroatoms. The number of aromatic nitrogens is 1. The second-order valence-corrected chi connectivity index (χ2v) is 14.5. The number of aliphatic carboxylic acids is 1. The van der Waals surface area contributed by atoms with Gasteiger partial charge in [0.05, 0.1) is 17.2 Å². The van der Waals surface area contributed by atoms with Crippen molar-refractivity contribution in [2.75, 3.05) is 32.8 Å². The minimum atomic E-state index is -0.728. The van der Waals surface area contributed by atoms with E-state index in [1.807, 2.05) is 30.3 Å². The third-order valence-corrected chi connectivity index (χ3v) is 10.7. The van der Waals surface area contributed by atoms with Crippen LogP contribution in [-0.4, -0.2) is 64.7 Å². The predicted octanol–water partition coefficient (Wildman–Crippen LogP) is 8.74. The fourth-order valence-corrected chi connectivity index (χ4v) is 7.67. The molecule has 2 saturated heterocycles. The van der Waals surface area contributed by atoms with Gasteiger partial charge in [-0.05, 0) is 112 Å². The summed E-state index contributed by atoms with van der Waals surface area (Å²) >= 11 is 6.88. The van der Waals surface area contributed by atoms with Crippen molar-refractivity contribution in [2.45, 2.75) is 84.6 Å². The number of hydrogen-bond acceptors (Lipinski definition) is 8. The van der Waals surface area contributed by atoms with E-state index in [0.717, 1.165) is 90.1 Å². The average Bonchev–Trinajstić information content (AvgIpc) is 3.17. The molecule has 278 valence electrons. The Hall–Kier alpha value is -4.62. The first-order valence-corrected chi connectivity index (χ1v) is 19.1. The molecule has 3 aromatic carbocycles. The maximum Gasteiger partial charge on any atom is 0.320 e. The van der Waals surface area contributed by atoms with Crippen molar-refractivity contribution in [2.24, 2.45) is 0 Å². The largest absolute Gasteiger partial charge is 0.493 e. The number of carboxylic acid groups (broad SMARTS) is 1. The molecular weight excluding hydrogens is 688 g/mol. The normalized spacial score (nSPS) is 16.5. The quantitative estimate of drug-likeness (QED) is 0.120. The van der Waals surface area contributed by atoms with Gasteiger partial charge in [0.25, 0.3) is 0 Å². The van der Waals surface area contributed by atoms with Gasteiger partial charge >= 0.3 is 5.97 Å². The molecule has 9 nitrogen and oxygen atoms in total. The van der Waals surface area contributed by atoms with E-state index in [1.54, 1.807) is 18.5 Å². The van der Waals surface area contributed by atoms with Crippen LogP contribution in [0.4, 0.5) is 0 Å². The van der Waals surface area contributed by atoms with Crippen LogP contribution in [0.1, 0.15) is 78.3 Å². The van der Waals surface area contributed by atoms with Crippen LogP contribution in [0.3, 0.4) is 0 Å². The maximum atomic E-state index is 11.7. The Kier molecular flexibility index (Phi) is 13.2. The second-order valence-electron chi connectivity index (χ2n) is 14.1. The number of pyridine rings is 1. The zero-order chi connectivity index (χ0) is 37.2. The van der Waals surface area contributed by atoms with Crippen LogP contribution < -0.4 is 14.2 Å². The van der Waals surface area contributed by atoms with E-state index >= 15 is 0 Å². The summed E-state index contributed by atoms with van der Waals surface area (Å²) in [4.78, 5) is 20.4. The Labute approximate surface area is 318 Å². The predicted molar refractivity (Wildman–Crippen MR) is 207 cm³/mol. The molecule has 0 radical (unpaired) electrons. The van der Waals surface area contributed by atoms with Crippen LogP contribution in [0, 0.1) is 25.2 Å². The van der Waals surface area contributed by atoms with Crippen molar-refractivity contribution in [3.63, 3.8) is 0 Å².